The molecule has 1 aliphatic rings. The van der Waals surface area contributed by atoms with E-state index < -0.39 is 0 Å². The van der Waals surface area contributed by atoms with Crippen LogP contribution in [0.15, 0.2) is 24.3 Å². The van der Waals surface area contributed by atoms with E-state index in [2.05, 4.69) is 5.32 Å². The minimum absolute atomic E-state index is 0.0296. The van der Waals surface area contributed by atoms with E-state index >= 15 is 0 Å². The Morgan fingerprint density at radius 2 is 2.12 bits per heavy atom. The summed E-state index contributed by atoms with van der Waals surface area (Å²) in [5.74, 6) is -0.153. The standard InChI is InChI=1S/C17H22N4O3/c1-13(17(23)19-15-5-3-4-14(10-15)11-18)20(2)12-16(22)21-6-8-24-9-7-21/h3-5,10,13H,6-9,12H2,1-2H3,(H,19,23)/p+1/t13-/m1/s1. The SMILES string of the molecule is C[C@H](C(=O)Nc1cccc(C#N)c1)[NH+](C)CC(=O)N1CCOCC1. The molecule has 2 rings (SSSR count). The van der Waals surface area contributed by atoms with E-state index in [9.17, 15) is 9.59 Å². The number of rotatable bonds is 5. The summed E-state index contributed by atoms with van der Waals surface area (Å²) in [7, 11) is 1.83. The highest BCUT2D eigenvalue weighted by atomic mass is 16.5. The zero-order valence-corrected chi connectivity index (χ0v) is 14.0. The first-order valence-corrected chi connectivity index (χ1v) is 8.00. The van der Waals surface area contributed by atoms with Crippen molar-refractivity contribution in [1.29, 1.82) is 5.26 Å². The molecular weight excluding hydrogens is 308 g/mol. The summed E-state index contributed by atoms with van der Waals surface area (Å²) in [5, 5.41) is 11.7. The molecule has 1 unspecified atom stereocenters. The van der Waals surface area contributed by atoms with E-state index in [1.165, 1.54) is 0 Å². The molecule has 0 spiro atoms. The zero-order valence-electron chi connectivity index (χ0n) is 14.0. The fraction of sp³-hybridized carbons (Fsp3) is 0.471. The number of morpholine rings is 1. The van der Waals surface area contributed by atoms with Crippen molar-refractivity contribution in [2.75, 3.05) is 45.2 Å². The largest absolute Gasteiger partial charge is 0.378 e. The van der Waals surface area contributed by atoms with Gasteiger partial charge in [-0.15, -0.1) is 0 Å². The van der Waals surface area contributed by atoms with E-state index in [1.54, 1.807) is 36.1 Å². The zero-order chi connectivity index (χ0) is 17.5. The normalized spacial score (nSPS) is 16.8. The molecule has 0 radical (unpaired) electrons. The van der Waals surface area contributed by atoms with Gasteiger partial charge >= 0.3 is 0 Å². The van der Waals surface area contributed by atoms with Crippen LogP contribution in [0.5, 0.6) is 0 Å². The van der Waals surface area contributed by atoms with Gasteiger partial charge in [-0.2, -0.15) is 5.26 Å². The van der Waals surface area contributed by atoms with Crippen molar-refractivity contribution in [1.82, 2.24) is 4.90 Å². The van der Waals surface area contributed by atoms with Crippen LogP contribution in [0.3, 0.4) is 0 Å². The van der Waals surface area contributed by atoms with Crippen molar-refractivity contribution in [2.45, 2.75) is 13.0 Å². The van der Waals surface area contributed by atoms with Gasteiger partial charge in [-0.25, -0.2) is 0 Å². The second-order valence-corrected chi connectivity index (χ2v) is 5.92. The molecule has 1 heterocycles. The molecule has 2 atom stereocenters. The van der Waals surface area contributed by atoms with E-state index in [0.717, 1.165) is 4.90 Å². The van der Waals surface area contributed by atoms with Crippen LogP contribution >= 0.6 is 0 Å². The lowest BCUT2D eigenvalue weighted by Crippen LogP contribution is -3.15. The molecule has 0 aliphatic carbocycles. The van der Waals surface area contributed by atoms with Gasteiger partial charge < -0.3 is 19.9 Å². The first-order chi connectivity index (χ1) is 11.5. The monoisotopic (exact) mass is 331 g/mol. The van der Waals surface area contributed by atoms with Crippen LogP contribution in [0, 0.1) is 11.3 Å². The number of anilines is 1. The average Bonchev–Trinajstić information content (AvgIpc) is 2.61. The number of likely N-dealkylation sites (N-methyl/N-ethyl adjacent to an activating group) is 1. The summed E-state index contributed by atoms with van der Waals surface area (Å²) in [6, 6.07) is 8.41. The first-order valence-electron chi connectivity index (χ1n) is 8.00. The van der Waals surface area contributed by atoms with Gasteiger partial charge in [0.25, 0.3) is 11.8 Å². The van der Waals surface area contributed by atoms with Crippen LogP contribution in [-0.2, 0) is 14.3 Å². The predicted molar refractivity (Wildman–Crippen MR) is 88.4 cm³/mol. The summed E-state index contributed by atoms with van der Waals surface area (Å²) >= 11 is 0. The molecule has 1 saturated heterocycles. The highest BCUT2D eigenvalue weighted by Crippen LogP contribution is 2.09. The molecule has 1 aliphatic heterocycles. The van der Waals surface area contributed by atoms with Crippen molar-refractivity contribution in [2.24, 2.45) is 0 Å². The number of ether oxygens (including phenoxy) is 1. The summed E-state index contributed by atoms with van der Waals surface area (Å²) < 4.78 is 5.24. The van der Waals surface area contributed by atoms with Crippen molar-refractivity contribution in [3.63, 3.8) is 0 Å². The molecule has 24 heavy (non-hydrogen) atoms. The Balaban J connectivity index is 1.89. The molecule has 7 nitrogen and oxygen atoms in total. The minimum Gasteiger partial charge on any atom is -0.378 e. The van der Waals surface area contributed by atoms with Gasteiger partial charge in [0, 0.05) is 18.8 Å². The molecule has 1 aromatic rings. The lowest BCUT2D eigenvalue weighted by molar-refractivity contribution is -0.886. The lowest BCUT2D eigenvalue weighted by atomic mass is 10.2. The van der Waals surface area contributed by atoms with E-state index in [-0.39, 0.29) is 24.4 Å². The van der Waals surface area contributed by atoms with Crippen molar-refractivity contribution >= 4 is 17.5 Å². The number of hydrogen-bond donors (Lipinski definition) is 2. The van der Waals surface area contributed by atoms with Crippen molar-refractivity contribution in [3.8, 4) is 6.07 Å². The Hall–Kier alpha value is -2.43. The van der Waals surface area contributed by atoms with Gasteiger partial charge in [0.1, 0.15) is 0 Å². The van der Waals surface area contributed by atoms with Crippen LogP contribution in [0.4, 0.5) is 5.69 Å². The minimum atomic E-state index is -0.388. The summed E-state index contributed by atoms with van der Waals surface area (Å²) in [4.78, 5) is 27.2. The molecular formula is C17H23N4O3+. The molecule has 128 valence electrons. The molecule has 0 aromatic heterocycles. The highest BCUT2D eigenvalue weighted by Gasteiger charge is 2.27. The number of amides is 2. The average molecular weight is 331 g/mol. The number of hydrogen-bond acceptors (Lipinski definition) is 4. The molecule has 1 aromatic carbocycles. The smallest absolute Gasteiger partial charge is 0.282 e. The summed E-state index contributed by atoms with van der Waals surface area (Å²) in [6.45, 7) is 4.38. The molecule has 0 saturated carbocycles. The number of quaternary nitrogens is 1. The maximum absolute atomic E-state index is 12.4. The van der Waals surface area contributed by atoms with Gasteiger partial charge in [0.2, 0.25) is 0 Å². The van der Waals surface area contributed by atoms with Crippen LogP contribution in [0.2, 0.25) is 0 Å². The van der Waals surface area contributed by atoms with Crippen LogP contribution < -0.4 is 10.2 Å². The van der Waals surface area contributed by atoms with E-state index in [4.69, 9.17) is 10.00 Å². The first kappa shape index (κ1) is 17.9. The van der Waals surface area contributed by atoms with E-state index in [0.29, 0.717) is 37.6 Å². The van der Waals surface area contributed by atoms with Gasteiger partial charge in [0.05, 0.1) is 31.9 Å². The Morgan fingerprint density at radius 1 is 1.42 bits per heavy atom. The topological polar surface area (TPSA) is 86.9 Å². The van der Waals surface area contributed by atoms with E-state index in [1.807, 2.05) is 13.1 Å². The molecule has 1 fully saturated rings. The van der Waals surface area contributed by atoms with Crippen molar-refractivity contribution < 1.29 is 19.2 Å². The second kappa shape index (κ2) is 8.43. The van der Waals surface area contributed by atoms with Gasteiger partial charge in [0.15, 0.2) is 12.6 Å². The quantitative estimate of drug-likeness (QED) is 0.744. The molecule has 2 N–H and O–H groups in total. The van der Waals surface area contributed by atoms with Gasteiger partial charge in [-0.1, -0.05) is 6.07 Å². The van der Waals surface area contributed by atoms with Gasteiger partial charge in [-0.3, -0.25) is 9.59 Å². The Labute approximate surface area is 141 Å². The summed E-state index contributed by atoms with van der Waals surface area (Å²) in [6.07, 6.45) is 0. The third-order valence-electron chi connectivity index (χ3n) is 4.19. The number of carbonyl (C=O) groups is 2. The molecule has 7 heteroatoms. The maximum atomic E-state index is 12.4. The third-order valence-corrected chi connectivity index (χ3v) is 4.19. The fourth-order valence-corrected chi connectivity index (χ4v) is 2.46. The second-order valence-electron chi connectivity index (χ2n) is 5.92. The predicted octanol–water partition coefficient (Wildman–Crippen LogP) is -0.741. The third kappa shape index (κ3) is 4.78. The number of nitrogens with one attached hydrogen (secondary N) is 2. The maximum Gasteiger partial charge on any atom is 0.282 e. The van der Waals surface area contributed by atoms with Crippen LogP contribution in [0.1, 0.15) is 12.5 Å². The fourth-order valence-electron chi connectivity index (χ4n) is 2.46. The Bertz CT molecular complexity index is 635. The number of nitriles is 1. The lowest BCUT2D eigenvalue weighted by Gasteiger charge is -2.28. The number of carbonyl (C=O) groups excluding carboxylic acids is 2. The van der Waals surface area contributed by atoms with Crippen LogP contribution in [-0.4, -0.2) is 62.7 Å². The van der Waals surface area contributed by atoms with Crippen molar-refractivity contribution in [3.05, 3.63) is 29.8 Å². The highest BCUT2D eigenvalue weighted by molar-refractivity contribution is 5.93. The Morgan fingerprint density at radius 3 is 2.79 bits per heavy atom. The van der Waals surface area contributed by atoms with Crippen LogP contribution in [0.25, 0.3) is 0 Å². The van der Waals surface area contributed by atoms with Gasteiger partial charge in [-0.05, 0) is 25.1 Å². The number of benzene rings is 1. The molecule has 2 amide bonds. The summed E-state index contributed by atoms with van der Waals surface area (Å²) in [5.41, 5.74) is 1.07. The molecule has 0 bridgehead atoms. The number of nitrogens with zero attached hydrogens (tertiary/aromatic N) is 2. The Kier molecular flexibility index (Phi) is 6.29.